The van der Waals surface area contributed by atoms with E-state index in [-0.39, 0.29) is 30.0 Å². The van der Waals surface area contributed by atoms with E-state index in [4.69, 9.17) is 0 Å². The van der Waals surface area contributed by atoms with Crippen molar-refractivity contribution in [2.24, 2.45) is 5.41 Å². The lowest BCUT2D eigenvalue weighted by Gasteiger charge is -2.36. The maximum absolute atomic E-state index is 13.4. The molecule has 2 bridgehead atoms. The largest absolute Gasteiger partial charge is 0.396 e. The maximum Gasteiger partial charge on any atom is 0.273 e. The third-order valence-electron chi connectivity index (χ3n) is 6.24. The topological polar surface area (TPSA) is 83.6 Å². The average molecular weight is 363 g/mol. The molecule has 2 aromatic heterocycles. The van der Waals surface area contributed by atoms with Crippen molar-refractivity contribution >= 4 is 11.6 Å². The molecule has 1 amide bonds. The van der Waals surface area contributed by atoms with Gasteiger partial charge in [0.25, 0.3) is 5.91 Å². The minimum absolute atomic E-state index is 0.0342. The third-order valence-corrected chi connectivity index (χ3v) is 6.24. The van der Waals surface area contributed by atoms with Crippen molar-refractivity contribution in [3.63, 3.8) is 0 Å². The Labute approximate surface area is 156 Å². The van der Waals surface area contributed by atoms with Crippen molar-refractivity contribution in [1.29, 1.82) is 0 Å². The van der Waals surface area contributed by atoms with Crippen LogP contribution in [0.2, 0.25) is 0 Å². The Bertz CT molecular complexity index is 988. The van der Waals surface area contributed by atoms with E-state index in [1.54, 1.807) is 18.2 Å². The first kappa shape index (κ1) is 16.4. The highest BCUT2D eigenvalue weighted by atomic mass is 16.3. The molecule has 3 atom stereocenters. The van der Waals surface area contributed by atoms with Crippen molar-refractivity contribution in [2.45, 2.75) is 37.8 Å². The number of hydrogen-bond donors (Lipinski definition) is 1. The van der Waals surface area contributed by atoms with E-state index in [0.29, 0.717) is 11.3 Å². The summed E-state index contributed by atoms with van der Waals surface area (Å²) in [6.45, 7) is 0.0852. The van der Waals surface area contributed by atoms with Crippen LogP contribution < -0.4 is 0 Å². The predicted molar refractivity (Wildman–Crippen MR) is 98.0 cm³/mol. The van der Waals surface area contributed by atoms with E-state index < -0.39 is 0 Å². The van der Waals surface area contributed by atoms with Crippen LogP contribution in [0.5, 0.6) is 0 Å². The Morgan fingerprint density at radius 3 is 2.81 bits per heavy atom. The standard InChI is InChI=1S/C20H21N5O2/c26-13-20(11-14-5-2-1-3-6-14)12-15-9-10-17(20)24(15)19(27)16-7-4-8-18-21-22-23-25(16)18/h1-8,15,17,26H,9-13H2/t15-,17+,20-/m1/s1. The molecule has 5 rings (SSSR count). The molecule has 0 spiro atoms. The molecule has 0 saturated carbocycles. The number of amides is 1. The first-order valence-electron chi connectivity index (χ1n) is 9.36. The zero-order chi connectivity index (χ0) is 18.4. The molecule has 0 unspecified atom stereocenters. The van der Waals surface area contributed by atoms with E-state index >= 15 is 0 Å². The number of benzene rings is 1. The van der Waals surface area contributed by atoms with Crippen LogP contribution >= 0.6 is 0 Å². The van der Waals surface area contributed by atoms with Crippen molar-refractivity contribution < 1.29 is 9.90 Å². The molecule has 0 aliphatic carbocycles. The number of carbonyl (C=O) groups excluding carboxylic acids is 1. The Morgan fingerprint density at radius 2 is 2.00 bits per heavy atom. The summed E-state index contributed by atoms with van der Waals surface area (Å²) >= 11 is 0. The molecule has 2 saturated heterocycles. The van der Waals surface area contributed by atoms with Crippen LogP contribution in [-0.2, 0) is 6.42 Å². The van der Waals surface area contributed by atoms with Crippen LogP contribution in [0, 0.1) is 5.41 Å². The SMILES string of the molecule is O=C(c1cccc2nnnn12)N1[C@@H]2CC[C@H]1[C@](CO)(Cc1ccccc1)C2. The maximum atomic E-state index is 13.4. The second-order valence-corrected chi connectivity index (χ2v) is 7.71. The van der Waals surface area contributed by atoms with Crippen molar-refractivity contribution in [1.82, 2.24) is 24.9 Å². The Kier molecular flexibility index (Phi) is 3.72. The highest BCUT2D eigenvalue weighted by molar-refractivity contribution is 5.94. The summed E-state index contributed by atoms with van der Waals surface area (Å²) < 4.78 is 1.50. The predicted octanol–water partition coefficient (Wildman–Crippen LogP) is 1.72. The van der Waals surface area contributed by atoms with E-state index in [0.717, 1.165) is 25.7 Å². The van der Waals surface area contributed by atoms with Gasteiger partial charge in [-0.25, -0.2) is 0 Å². The number of rotatable bonds is 4. The summed E-state index contributed by atoms with van der Waals surface area (Å²) in [4.78, 5) is 15.4. The number of carbonyl (C=O) groups is 1. The molecule has 7 nitrogen and oxygen atoms in total. The lowest BCUT2D eigenvalue weighted by Crippen LogP contribution is -2.44. The van der Waals surface area contributed by atoms with Crippen LogP contribution in [0.1, 0.15) is 35.3 Å². The van der Waals surface area contributed by atoms with Gasteiger partial charge in [-0.05, 0) is 53.8 Å². The smallest absolute Gasteiger partial charge is 0.273 e. The van der Waals surface area contributed by atoms with Gasteiger partial charge in [-0.2, -0.15) is 4.52 Å². The molecule has 27 heavy (non-hydrogen) atoms. The van der Waals surface area contributed by atoms with E-state index in [1.807, 2.05) is 23.1 Å². The van der Waals surface area contributed by atoms with E-state index in [9.17, 15) is 9.90 Å². The van der Waals surface area contributed by atoms with Gasteiger partial charge in [0.1, 0.15) is 5.69 Å². The summed E-state index contributed by atoms with van der Waals surface area (Å²) in [6, 6.07) is 15.8. The lowest BCUT2D eigenvalue weighted by molar-refractivity contribution is 0.0564. The van der Waals surface area contributed by atoms with Crippen LogP contribution in [0.4, 0.5) is 0 Å². The van der Waals surface area contributed by atoms with Gasteiger partial charge in [0.15, 0.2) is 5.65 Å². The number of aromatic nitrogens is 4. The lowest BCUT2D eigenvalue weighted by atomic mass is 9.70. The number of fused-ring (bicyclic) bond motifs is 3. The summed E-state index contributed by atoms with van der Waals surface area (Å²) in [7, 11) is 0. The number of tetrazole rings is 1. The number of aliphatic hydroxyl groups excluding tert-OH is 1. The van der Waals surface area contributed by atoms with Crippen molar-refractivity contribution in [2.75, 3.05) is 6.61 Å². The van der Waals surface area contributed by atoms with Gasteiger partial charge in [-0.15, -0.1) is 5.10 Å². The van der Waals surface area contributed by atoms with Crippen LogP contribution in [0.25, 0.3) is 5.65 Å². The van der Waals surface area contributed by atoms with Crippen LogP contribution in [0.15, 0.2) is 48.5 Å². The van der Waals surface area contributed by atoms with Gasteiger partial charge in [-0.1, -0.05) is 36.4 Å². The molecule has 2 aliphatic heterocycles. The third kappa shape index (κ3) is 2.45. The molecule has 2 fully saturated rings. The number of nitrogens with zero attached hydrogens (tertiary/aromatic N) is 5. The number of aliphatic hydroxyl groups is 1. The van der Waals surface area contributed by atoms with Crippen molar-refractivity contribution in [3.8, 4) is 0 Å². The average Bonchev–Trinajstić information content (AvgIpc) is 3.41. The minimum atomic E-state index is -0.283. The molecular weight excluding hydrogens is 342 g/mol. The summed E-state index contributed by atoms with van der Waals surface area (Å²) in [5.41, 5.74) is 1.95. The zero-order valence-electron chi connectivity index (χ0n) is 14.9. The van der Waals surface area contributed by atoms with Gasteiger partial charge in [0.05, 0.1) is 6.61 Å². The molecule has 138 valence electrons. The first-order valence-corrected chi connectivity index (χ1v) is 9.36. The second-order valence-electron chi connectivity index (χ2n) is 7.71. The van der Waals surface area contributed by atoms with Gasteiger partial charge in [0, 0.05) is 17.5 Å². The Morgan fingerprint density at radius 1 is 1.15 bits per heavy atom. The quantitative estimate of drug-likeness (QED) is 0.763. The van der Waals surface area contributed by atoms with Gasteiger partial charge >= 0.3 is 0 Å². The molecule has 4 heterocycles. The molecule has 3 aromatic rings. The van der Waals surface area contributed by atoms with Crippen molar-refractivity contribution in [3.05, 3.63) is 59.8 Å². The fourth-order valence-electron chi connectivity index (χ4n) is 5.08. The number of pyridine rings is 1. The molecular formula is C20H21N5O2. The summed E-state index contributed by atoms with van der Waals surface area (Å²) in [5.74, 6) is -0.0520. The van der Waals surface area contributed by atoms with E-state index in [1.165, 1.54) is 10.1 Å². The normalized spacial score (nSPS) is 26.8. The first-order chi connectivity index (χ1) is 13.2. The van der Waals surface area contributed by atoms with Crippen LogP contribution in [-0.4, -0.2) is 54.6 Å². The molecule has 1 aromatic carbocycles. The molecule has 7 heteroatoms. The fraction of sp³-hybridized carbons (Fsp3) is 0.400. The van der Waals surface area contributed by atoms with Gasteiger partial charge in [-0.3, -0.25) is 4.79 Å². The summed E-state index contributed by atoms with van der Waals surface area (Å²) in [5, 5.41) is 21.9. The monoisotopic (exact) mass is 363 g/mol. The van der Waals surface area contributed by atoms with Gasteiger partial charge < -0.3 is 10.0 Å². The highest BCUT2D eigenvalue weighted by Crippen LogP contribution is 2.51. The highest BCUT2D eigenvalue weighted by Gasteiger charge is 2.57. The minimum Gasteiger partial charge on any atom is -0.396 e. The van der Waals surface area contributed by atoms with E-state index in [2.05, 4.69) is 27.7 Å². The van der Waals surface area contributed by atoms with Crippen LogP contribution in [0.3, 0.4) is 0 Å². The fourth-order valence-corrected chi connectivity index (χ4v) is 5.08. The van der Waals surface area contributed by atoms with Gasteiger partial charge in [0.2, 0.25) is 0 Å². The second kappa shape index (κ2) is 6.13. The zero-order valence-corrected chi connectivity index (χ0v) is 14.9. The summed E-state index contributed by atoms with van der Waals surface area (Å²) in [6.07, 6.45) is 3.53. The molecule has 2 aliphatic rings. The Balaban J connectivity index is 1.49. The Hall–Kier alpha value is -2.80. The number of hydrogen-bond acceptors (Lipinski definition) is 5. The molecule has 0 radical (unpaired) electrons. The molecule has 1 N–H and O–H groups in total.